The van der Waals surface area contributed by atoms with E-state index in [1.807, 2.05) is 32.0 Å². The van der Waals surface area contributed by atoms with E-state index in [2.05, 4.69) is 4.74 Å². The van der Waals surface area contributed by atoms with E-state index in [4.69, 9.17) is 5.11 Å². The maximum Gasteiger partial charge on any atom is 0.328 e. The van der Waals surface area contributed by atoms with E-state index in [1.165, 1.54) is 12.0 Å². The zero-order chi connectivity index (χ0) is 14.6. The van der Waals surface area contributed by atoms with Gasteiger partial charge in [-0.15, -0.1) is 0 Å². The second-order valence-electron chi connectivity index (χ2n) is 4.36. The lowest BCUT2D eigenvalue weighted by atomic mass is 10.1. The van der Waals surface area contributed by atoms with Crippen molar-refractivity contribution in [2.75, 3.05) is 18.6 Å². The molecule has 1 amide bonds. The normalized spacial score (nSPS) is 11.8. The van der Waals surface area contributed by atoms with Gasteiger partial charge in [0.2, 0.25) is 0 Å². The highest BCUT2D eigenvalue weighted by Crippen LogP contribution is 2.26. The van der Waals surface area contributed by atoms with Gasteiger partial charge in [-0.1, -0.05) is 18.2 Å². The Morgan fingerprint density at radius 3 is 2.26 bits per heavy atom. The van der Waals surface area contributed by atoms with Crippen LogP contribution in [0, 0.1) is 13.8 Å². The smallest absolute Gasteiger partial charge is 0.328 e. The fraction of sp³-hybridized carbons (Fsp3) is 0.429. The second kappa shape index (κ2) is 6.33. The van der Waals surface area contributed by atoms with Gasteiger partial charge >= 0.3 is 5.97 Å². The molecule has 1 atom stereocenters. The summed E-state index contributed by atoms with van der Waals surface area (Å²) in [5.74, 6) is -1.06. The fourth-order valence-corrected chi connectivity index (χ4v) is 2.07. The summed E-state index contributed by atoms with van der Waals surface area (Å²) in [6, 6.07) is 4.79. The number of ether oxygens (including phenoxy) is 1. The highest BCUT2D eigenvalue weighted by atomic mass is 16.5. The number of para-hydroxylation sites is 1. The van der Waals surface area contributed by atoms with Crippen molar-refractivity contribution in [1.82, 2.24) is 0 Å². The molecule has 0 unspecified atom stereocenters. The number of esters is 1. The fourth-order valence-electron chi connectivity index (χ4n) is 2.07. The lowest BCUT2D eigenvalue weighted by Crippen LogP contribution is -2.46. The summed E-state index contributed by atoms with van der Waals surface area (Å²) >= 11 is 0. The summed E-state index contributed by atoms with van der Waals surface area (Å²) in [5, 5.41) is 9.11. The highest BCUT2D eigenvalue weighted by molar-refractivity contribution is 6.01. The minimum atomic E-state index is -0.788. The van der Waals surface area contributed by atoms with Crippen molar-refractivity contribution in [3.8, 4) is 0 Å². The third kappa shape index (κ3) is 3.12. The van der Waals surface area contributed by atoms with Gasteiger partial charge in [0.25, 0.3) is 5.91 Å². The van der Waals surface area contributed by atoms with Crippen LogP contribution in [-0.2, 0) is 14.3 Å². The number of benzene rings is 1. The SMILES string of the molecule is COC(=O)[C@@H](C)N(C(=O)CO)c1c(C)cccc1C. The molecular formula is C14H19NO4. The van der Waals surface area contributed by atoms with Crippen LogP contribution in [0.2, 0.25) is 0 Å². The van der Waals surface area contributed by atoms with Gasteiger partial charge in [0.15, 0.2) is 0 Å². The predicted molar refractivity (Wildman–Crippen MR) is 72.0 cm³/mol. The van der Waals surface area contributed by atoms with Crippen LogP contribution in [0.4, 0.5) is 5.69 Å². The zero-order valence-corrected chi connectivity index (χ0v) is 11.6. The average Bonchev–Trinajstić information content (AvgIpc) is 2.40. The van der Waals surface area contributed by atoms with E-state index >= 15 is 0 Å². The number of amides is 1. The standard InChI is InChI=1S/C14H19NO4/c1-9-6-5-7-10(2)13(9)15(12(17)8-16)11(3)14(18)19-4/h5-7,11,16H,8H2,1-4H3/t11-/m1/s1. The summed E-state index contributed by atoms with van der Waals surface area (Å²) in [6.07, 6.45) is 0. The molecule has 0 saturated heterocycles. The number of carbonyl (C=O) groups is 2. The summed E-state index contributed by atoms with van der Waals surface area (Å²) < 4.78 is 4.67. The van der Waals surface area contributed by atoms with Crippen molar-refractivity contribution in [2.45, 2.75) is 26.8 Å². The Hall–Kier alpha value is -1.88. The van der Waals surface area contributed by atoms with Crippen LogP contribution < -0.4 is 4.90 Å². The van der Waals surface area contributed by atoms with Gasteiger partial charge < -0.3 is 9.84 Å². The van der Waals surface area contributed by atoms with Crippen LogP contribution in [0.1, 0.15) is 18.1 Å². The Kier molecular flexibility index (Phi) is 5.06. The summed E-state index contributed by atoms with van der Waals surface area (Å²) in [4.78, 5) is 24.9. The zero-order valence-electron chi connectivity index (χ0n) is 11.6. The largest absolute Gasteiger partial charge is 0.467 e. The molecule has 0 fully saturated rings. The minimum Gasteiger partial charge on any atom is -0.467 e. The molecule has 1 aromatic rings. The molecule has 1 aromatic carbocycles. The topological polar surface area (TPSA) is 66.8 Å². The number of rotatable bonds is 4. The van der Waals surface area contributed by atoms with Gasteiger partial charge in [0, 0.05) is 0 Å². The molecule has 19 heavy (non-hydrogen) atoms. The Morgan fingerprint density at radius 1 is 1.32 bits per heavy atom. The maximum absolute atomic E-state index is 11.9. The molecule has 0 aromatic heterocycles. The molecule has 0 saturated carbocycles. The van der Waals surface area contributed by atoms with Crippen molar-refractivity contribution in [3.05, 3.63) is 29.3 Å². The molecular weight excluding hydrogens is 246 g/mol. The van der Waals surface area contributed by atoms with E-state index in [1.54, 1.807) is 6.92 Å². The van der Waals surface area contributed by atoms with Crippen molar-refractivity contribution < 1.29 is 19.4 Å². The lowest BCUT2D eigenvalue weighted by Gasteiger charge is -2.29. The van der Waals surface area contributed by atoms with Crippen LogP contribution in [0.25, 0.3) is 0 Å². The first-order chi connectivity index (χ1) is 8.93. The Bertz CT molecular complexity index is 464. The van der Waals surface area contributed by atoms with Crippen LogP contribution >= 0.6 is 0 Å². The Balaban J connectivity index is 3.32. The molecule has 104 valence electrons. The molecule has 0 heterocycles. The quantitative estimate of drug-likeness (QED) is 0.830. The van der Waals surface area contributed by atoms with Crippen molar-refractivity contribution in [1.29, 1.82) is 0 Å². The molecule has 1 rings (SSSR count). The number of carbonyl (C=O) groups excluding carboxylic acids is 2. The molecule has 1 N–H and O–H groups in total. The first-order valence-electron chi connectivity index (χ1n) is 6.01. The van der Waals surface area contributed by atoms with Crippen molar-refractivity contribution in [3.63, 3.8) is 0 Å². The van der Waals surface area contributed by atoms with Gasteiger partial charge in [-0.25, -0.2) is 4.79 Å². The molecule has 5 heteroatoms. The summed E-state index contributed by atoms with van der Waals surface area (Å²) in [5.41, 5.74) is 2.36. The van der Waals surface area contributed by atoms with Gasteiger partial charge in [0.1, 0.15) is 12.6 Å². The van der Waals surface area contributed by atoms with Gasteiger partial charge in [-0.2, -0.15) is 0 Å². The van der Waals surface area contributed by atoms with Crippen molar-refractivity contribution in [2.24, 2.45) is 0 Å². The number of methoxy groups -OCH3 is 1. The number of aliphatic hydroxyl groups excluding tert-OH is 1. The second-order valence-corrected chi connectivity index (χ2v) is 4.36. The molecule has 0 aliphatic carbocycles. The van der Waals surface area contributed by atoms with Gasteiger partial charge in [0.05, 0.1) is 12.8 Å². The molecule has 0 aliphatic heterocycles. The number of nitrogens with zero attached hydrogens (tertiary/aromatic N) is 1. The summed E-state index contributed by atoms with van der Waals surface area (Å²) in [7, 11) is 1.27. The number of anilines is 1. The van der Waals surface area contributed by atoms with E-state index < -0.39 is 24.5 Å². The van der Waals surface area contributed by atoms with Gasteiger partial charge in [-0.05, 0) is 31.9 Å². The molecule has 0 aliphatic rings. The van der Waals surface area contributed by atoms with E-state index in [0.29, 0.717) is 5.69 Å². The van der Waals surface area contributed by atoms with E-state index in [0.717, 1.165) is 11.1 Å². The maximum atomic E-state index is 11.9. The highest BCUT2D eigenvalue weighted by Gasteiger charge is 2.29. The van der Waals surface area contributed by atoms with Crippen LogP contribution in [0.5, 0.6) is 0 Å². The van der Waals surface area contributed by atoms with Crippen LogP contribution in [0.15, 0.2) is 18.2 Å². The number of hydrogen-bond acceptors (Lipinski definition) is 4. The van der Waals surface area contributed by atoms with E-state index in [-0.39, 0.29) is 0 Å². The summed E-state index contributed by atoms with van der Waals surface area (Å²) in [6.45, 7) is 4.62. The third-order valence-electron chi connectivity index (χ3n) is 3.01. The van der Waals surface area contributed by atoms with E-state index in [9.17, 15) is 9.59 Å². The molecule has 0 radical (unpaired) electrons. The first-order valence-corrected chi connectivity index (χ1v) is 6.01. The molecule has 0 bridgehead atoms. The average molecular weight is 265 g/mol. The van der Waals surface area contributed by atoms with Crippen LogP contribution in [-0.4, -0.2) is 36.7 Å². The number of aliphatic hydroxyl groups is 1. The number of aryl methyl sites for hydroxylation is 2. The van der Waals surface area contributed by atoms with Crippen molar-refractivity contribution >= 4 is 17.6 Å². The predicted octanol–water partition coefficient (Wildman–Crippen LogP) is 1.19. The molecule has 0 spiro atoms. The minimum absolute atomic E-state index is 0.524. The number of hydrogen-bond donors (Lipinski definition) is 1. The lowest BCUT2D eigenvalue weighted by molar-refractivity contribution is -0.143. The Morgan fingerprint density at radius 2 is 1.84 bits per heavy atom. The monoisotopic (exact) mass is 265 g/mol. The Labute approximate surface area is 112 Å². The van der Waals surface area contributed by atoms with Gasteiger partial charge in [-0.3, -0.25) is 9.69 Å². The van der Waals surface area contributed by atoms with Crippen LogP contribution in [0.3, 0.4) is 0 Å². The first kappa shape index (κ1) is 15.2. The third-order valence-corrected chi connectivity index (χ3v) is 3.01. The molecule has 5 nitrogen and oxygen atoms in total.